The molecule has 0 bridgehead atoms. The van der Waals surface area contributed by atoms with Gasteiger partial charge in [-0.1, -0.05) is 24.6 Å². The van der Waals surface area contributed by atoms with Gasteiger partial charge in [-0.15, -0.1) is 10.2 Å². The average molecular weight is 603 g/mol. The molecular formula is C32H35ClN6O4. The highest BCUT2D eigenvalue weighted by molar-refractivity contribution is 6.31. The number of nitrogens with zero attached hydrogens (tertiary/aromatic N) is 4. The van der Waals surface area contributed by atoms with Crippen LogP contribution in [0.3, 0.4) is 0 Å². The van der Waals surface area contributed by atoms with E-state index >= 15 is 0 Å². The highest BCUT2D eigenvalue weighted by Crippen LogP contribution is 2.45. The van der Waals surface area contributed by atoms with Gasteiger partial charge in [0, 0.05) is 53.5 Å². The third-order valence-electron chi connectivity index (χ3n) is 7.68. The number of halogens is 1. The normalized spacial score (nSPS) is 14.3. The highest BCUT2D eigenvalue weighted by Gasteiger charge is 2.39. The van der Waals surface area contributed by atoms with Crippen molar-refractivity contribution >= 4 is 29.3 Å². The molecule has 1 aliphatic carbocycles. The van der Waals surface area contributed by atoms with E-state index in [1.807, 2.05) is 51.4 Å². The Morgan fingerprint density at radius 1 is 1.05 bits per heavy atom. The topological polar surface area (TPSA) is 120 Å². The lowest BCUT2D eigenvalue weighted by molar-refractivity contribution is -0.118. The molecular weight excluding hydrogens is 568 g/mol. The summed E-state index contributed by atoms with van der Waals surface area (Å²) in [6, 6.07) is 15.0. The van der Waals surface area contributed by atoms with Crippen LogP contribution < -0.4 is 16.2 Å². The number of alkyl carbamates (subject to hydrolysis) is 1. The number of pyridine rings is 1. The Hall–Kier alpha value is -4.44. The van der Waals surface area contributed by atoms with Gasteiger partial charge in [0.15, 0.2) is 5.82 Å². The molecule has 224 valence electrons. The van der Waals surface area contributed by atoms with E-state index in [1.54, 1.807) is 39.7 Å². The van der Waals surface area contributed by atoms with Crippen molar-refractivity contribution in [3.05, 3.63) is 88.1 Å². The lowest BCUT2D eigenvalue weighted by Crippen LogP contribution is -2.45. The van der Waals surface area contributed by atoms with Crippen molar-refractivity contribution < 1.29 is 14.3 Å². The number of aryl methyl sites for hydroxylation is 1. The molecule has 10 nitrogen and oxygen atoms in total. The molecule has 2 aromatic carbocycles. The summed E-state index contributed by atoms with van der Waals surface area (Å²) in [6.45, 7) is 6.24. The van der Waals surface area contributed by atoms with Crippen molar-refractivity contribution in [1.29, 1.82) is 0 Å². The zero-order chi connectivity index (χ0) is 30.7. The molecule has 2 heterocycles. The average Bonchev–Trinajstić information content (AvgIpc) is 3.57. The van der Waals surface area contributed by atoms with E-state index in [2.05, 4.69) is 27.8 Å². The van der Waals surface area contributed by atoms with Crippen LogP contribution in [-0.2, 0) is 23.0 Å². The lowest BCUT2D eigenvalue weighted by Gasteiger charge is -2.20. The first-order valence-corrected chi connectivity index (χ1v) is 14.6. The predicted octanol–water partition coefficient (Wildman–Crippen LogP) is 5.62. The van der Waals surface area contributed by atoms with Gasteiger partial charge in [0.25, 0.3) is 5.56 Å². The van der Waals surface area contributed by atoms with E-state index in [0.717, 1.165) is 29.5 Å². The van der Waals surface area contributed by atoms with Gasteiger partial charge < -0.3 is 24.5 Å². The second-order valence-corrected chi connectivity index (χ2v) is 12.1. The van der Waals surface area contributed by atoms with Gasteiger partial charge in [-0.2, -0.15) is 0 Å². The molecule has 1 saturated carbocycles. The molecule has 4 aromatic rings. The van der Waals surface area contributed by atoms with E-state index in [4.69, 9.17) is 16.3 Å². The molecule has 1 fully saturated rings. The van der Waals surface area contributed by atoms with Crippen LogP contribution in [0.15, 0.2) is 71.9 Å². The molecule has 2 N–H and O–H groups in total. The van der Waals surface area contributed by atoms with Gasteiger partial charge >= 0.3 is 6.09 Å². The fraction of sp³-hybridized carbons (Fsp3) is 0.344. The Kier molecular flexibility index (Phi) is 8.68. The molecule has 0 spiro atoms. The number of ether oxygens (including phenoxy) is 1. The summed E-state index contributed by atoms with van der Waals surface area (Å²) in [6.07, 6.45) is 4.88. The molecule has 0 aliphatic heterocycles. The number of nitrogens with one attached hydrogen (secondary N) is 2. The highest BCUT2D eigenvalue weighted by atomic mass is 35.5. The maximum absolute atomic E-state index is 13.6. The third kappa shape index (κ3) is 7.32. The second-order valence-electron chi connectivity index (χ2n) is 11.7. The Morgan fingerprint density at radius 3 is 2.40 bits per heavy atom. The largest absolute Gasteiger partial charge is 0.449 e. The molecule has 43 heavy (non-hydrogen) atoms. The summed E-state index contributed by atoms with van der Waals surface area (Å²) >= 11 is 6.60. The molecule has 5 rings (SSSR count). The molecule has 11 heteroatoms. The molecule has 2 amide bonds. The summed E-state index contributed by atoms with van der Waals surface area (Å²) < 4.78 is 8.93. The fourth-order valence-electron chi connectivity index (χ4n) is 4.68. The van der Waals surface area contributed by atoms with E-state index in [9.17, 15) is 14.4 Å². The first-order chi connectivity index (χ1) is 20.5. The van der Waals surface area contributed by atoms with Crippen molar-refractivity contribution in [3.8, 4) is 22.5 Å². The van der Waals surface area contributed by atoms with E-state index in [0.29, 0.717) is 28.7 Å². The van der Waals surface area contributed by atoms with Crippen molar-refractivity contribution in [2.24, 2.45) is 12.5 Å². The molecule has 2 aromatic heterocycles. The molecule has 1 aliphatic rings. The van der Waals surface area contributed by atoms with Crippen molar-refractivity contribution in [3.63, 3.8) is 0 Å². The second kappa shape index (κ2) is 12.4. The zero-order valence-corrected chi connectivity index (χ0v) is 25.4. The van der Waals surface area contributed by atoms with Gasteiger partial charge in [0.1, 0.15) is 12.4 Å². The monoisotopic (exact) mass is 602 g/mol. The van der Waals surface area contributed by atoms with Gasteiger partial charge in [0.05, 0.1) is 6.61 Å². The Bertz CT molecular complexity index is 1690. The minimum Gasteiger partial charge on any atom is -0.449 e. The number of hydrogen-bond acceptors (Lipinski definition) is 6. The van der Waals surface area contributed by atoms with Crippen LogP contribution in [0, 0.1) is 5.41 Å². The van der Waals surface area contributed by atoms with Crippen molar-refractivity contribution in [2.75, 3.05) is 11.9 Å². The van der Waals surface area contributed by atoms with Crippen LogP contribution in [0.5, 0.6) is 0 Å². The minimum absolute atomic E-state index is 0.00366. The Labute approximate surface area is 255 Å². The summed E-state index contributed by atoms with van der Waals surface area (Å²) in [5, 5.41) is 14.1. The summed E-state index contributed by atoms with van der Waals surface area (Å²) in [5.74, 6) is 0.277. The Morgan fingerprint density at radius 2 is 1.74 bits per heavy atom. The summed E-state index contributed by atoms with van der Waals surface area (Å²) in [5.41, 5.74) is 3.64. The first-order valence-electron chi connectivity index (χ1n) is 14.2. The summed E-state index contributed by atoms with van der Waals surface area (Å²) in [7, 11) is 1.85. The fourth-order valence-corrected chi connectivity index (χ4v) is 4.87. The summed E-state index contributed by atoms with van der Waals surface area (Å²) in [4.78, 5) is 38.7. The number of benzene rings is 2. The number of anilines is 1. The van der Waals surface area contributed by atoms with Crippen LogP contribution >= 0.6 is 11.6 Å². The van der Waals surface area contributed by atoms with Gasteiger partial charge in [-0.3, -0.25) is 9.59 Å². The van der Waals surface area contributed by atoms with Crippen LogP contribution in [0.4, 0.5) is 10.5 Å². The number of aromatic nitrogens is 4. The van der Waals surface area contributed by atoms with Gasteiger partial charge in [-0.25, -0.2) is 4.79 Å². The Balaban J connectivity index is 1.37. The number of amides is 2. The maximum atomic E-state index is 13.6. The third-order valence-corrected chi connectivity index (χ3v) is 8.05. The maximum Gasteiger partial charge on any atom is 0.407 e. The molecule has 1 unspecified atom stereocenters. The zero-order valence-electron chi connectivity index (χ0n) is 24.6. The molecule has 1 atom stereocenters. The number of rotatable bonds is 10. The van der Waals surface area contributed by atoms with Crippen molar-refractivity contribution in [2.45, 2.75) is 52.1 Å². The van der Waals surface area contributed by atoms with Gasteiger partial charge in [0.2, 0.25) is 5.91 Å². The van der Waals surface area contributed by atoms with Gasteiger partial charge in [-0.05, 0) is 85.8 Å². The smallest absolute Gasteiger partial charge is 0.407 e. The van der Waals surface area contributed by atoms with Crippen LogP contribution in [0.25, 0.3) is 22.5 Å². The number of carbonyl (C=O) groups is 2. The molecule has 0 saturated heterocycles. The van der Waals surface area contributed by atoms with E-state index < -0.39 is 18.0 Å². The van der Waals surface area contributed by atoms with Crippen LogP contribution in [-0.4, -0.2) is 44.0 Å². The predicted molar refractivity (Wildman–Crippen MR) is 166 cm³/mol. The lowest BCUT2D eigenvalue weighted by atomic mass is 9.99. The standard InChI is InChI=1S/C32H35ClN6O4/c1-20(2)39-17-23(8-12-28(39)40)22-7-11-26(33)24(15-22)16-27(36-31(42)43-18-32(3)13-14-32)30(41)35-25-9-5-21(6-10-25)29-37-34-19-38(29)4/h5-12,15,17,19-20,27H,13-14,16,18H2,1-4H3,(H,35,41)(H,36,42). The number of carbonyl (C=O) groups excluding carboxylic acids is 2. The number of hydrogen-bond donors (Lipinski definition) is 2. The quantitative estimate of drug-likeness (QED) is 0.243. The van der Waals surface area contributed by atoms with Crippen LogP contribution in [0.2, 0.25) is 5.02 Å². The van der Waals surface area contributed by atoms with Crippen molar-refractivity contribution in [1.82, 2.24) is 24.6 Å². The van der Waals surface area contributed by atoms with E-state index in [-0.39, 0.29) is 23.4 Å². The van der Waals surface area contributed by atoms with E-state index in [1.165, 1.54) is 6.07 Å². The molecule has 0 radical (unpaired) electrons. The first kappa shape index (κ1) is 30.0. The SMILES string of the molecule is CC(C)n1cc(-c2ccc(Cl)c(CC(NC(=O)OCC3(C)CC3)C(=O)Nc3ccc(-c4nncn4C)cc3)c2)ccc1=O. The minimum atomic E-state index is -0.977. The van der Waals surface area contributed by atoms with Crippen LogP contribution in [0.1, 0.15) is 45.2 Å².